The van der Waals surface area contributed by atoms with Gasteiger partial charge in [-0.1, -0.05) is 0 Å². The maximum absolute atomic E-state index is 10.0. The summed E-state index contributed by atoms with van der Waals surface area (Å²) in [6.45, 7) is 0. The van der Waals surface area contributed by atoms with Crippen LogP contribution in [0.2, 0.25) is 0 Å². The summed E-state index contributed by atoms with van der Waals surface area (Å²) in [6, 6.07) is 0. The number of primary amides is 1. The van der Waals surface area contributed by atoms with Crippen LogP contribution in [0.3, 0.4) is 0 Å². The van der Waals surface area contributed by atoms with Crippen molar-refractivity contribution in [2.45, 2.75) is 5.97 Å². The molecule has 58 valence electrons. The lowest BCUT2D eigenvalue weighted by Crippen LogP contribution is -2.58. The Labute approximate surface area is 55.7 Å². The summed E-state index contributed by atoms with van der Waals surface area (Å²) in [6.07, 6.45) is 0. The number of carbonyl (C=O) groups excluding carboxylic acids is 1. The zero-order valence-corrected chi connectivity index (χ0v) is 5.29. The van der Waals surface area contributed by atoms with Crippen LogP contribution in [0, 0.1) is 0 Å². The highest BCUT2D eigenvalue weighted by molar-refractivity contribution is 7.82. The molecule has 0 spiro atoms. The molecule has 0 atom stereocenters. The first-order valence-corrected chi connectivity index (χ1v) is 3.37. The lowest BCUT2D eigenvalue weighted by atomic mass is 10.5. The van der Waals surface area contributed by atoms with Crippen molar-refractivity contribution in [3.8, 4) is 0 Å². The van der Waals surface area contributed by atoms with Crippen molar-refractivity contribution in [2.24, 2.45) is 5.73 Å². The Morgan fingerprint density at radius 2 is 1.90 bits per heavy atom. The predicted molar refractivity (Wildman–Crippen MR) is 25.2 cm³/mol. The van der Waals surface area contributed by atoms with E-state index in [1.54, 1.807) is 0 Å². The molecule has 7 nitrogen and oxygen atoms in total. The normalized spacial score (nSPS) is 26.9. The number of amides is 1. The van der Waals surface area contributed by atoms with E-state index in [4.69, 9.17) is 5.11 Å². The van der Waals surface area contributed by atoms with Crippen molar-refractivity contribution in [1.29, 1.82) is 0 Å². The van der Waals surface area contributed by atoms with Gasteiger partial charge < -0.3 is 10.8 Å². The molecule has 0 saturated carbocycles. The molecule has 0 aromatic heterocycles. The van der Waals surface area contributed by atoms with Crippen molar-refractivity contribution in [2.75, 3.05) is 0 Å². The highest BCUT2D eigenvalue weighted by atomic mass is 32.3. The van der Waals surface area contributed by atoms with Gasteiger partial charge in [-0.2, -0.15) is 16.8 Å². The fraction of sp³-hybridized carbons (Fsp3) is 0.500. The summed E-state index contributed by atoms with van der Waals surface area (Å²) in [5.74, 6) is -4.21. The predicted octanol–water partition coefficient (Wildman–Crippen LogP) is -2.59. The maximum Gasteiger partial charge on any atom is 0.409 e. The standard InChI is InChI=1S/C2H3NO6S/c3-1(4)2(5)8-10(6,7)9-2/h5H,(H2,3,4). The van der Waals surface area contributed by atoms with E-state index in [2.05, 4.69) is 14.1 Å². The minimum absolute atomic E-state index is 1.41. The smallest absolute Gasteiger partial charge is 0.363 e. The summed E-state index contributed by atoms with van der Waals surface area (Å²) >= 11 is 0. The molecule has 0 aromatic carbocycles. The molecule has 1 fully saturated rings. The molecule has 8 heteroatoms. The maximum atomic E-state index is 10.0. The van der Waals surface area contributed by atoms with Gasteiger partial charge in [-0.3, -0.25) is 4.79 Å². The molecule has 0 aromatic rings. The van der Waals surface area contributed by atoms with Crippen LogP contribution >= 0.6 is 0 Å². The van der Waals surface area contributed by atoms with Crippen LogP contribution in [0.25, 0.3) is 0 Å². The molecule has 1 aliphatic rings. The van der Waals surface area contributed by atoms with E-state index in [0.717, 1.165) is 0 Å². The molecule has 0 unspecified atom stereocenters. The van der Waals surface area contributed by atoms with E-state index >= 15 is 0 Å². The molecule has 3 N–H and O–H groups in total. The Morgan fingerprint density at radius 3 is 2.00 bits per heavy atom. The van der Waals surface area contributed by atoms with Crippen molar-refractivity contribution in [3.05, 3.63) is 0 Å². The molecule has 1 saturated heterocycles. The molecule has 0 aliphatic carbocycles. The van der Waals surface area contributed by atoms with E-state index in [1.807, 2.05) is 0 Å². The Bertz CT molecular complexity index is 253. The topological polar surface area (TPSA) is 116 Å². The van der Waals surface area contributed by atoms with Gasteiger partial charge in [-0.05, 0) is 0 Å². The lowest BCUT2D eigenvalue weighted by Gasteiger charge is -2.29. The number of aliphatic hydroxyl groups is 1. The Morgan fingerprint density at radius 1 is 1.50 bits per heavy atom. The van der Waals surface area contributed by atoms with Crippen LogP contribution in [0.5, 0.6) is 0 Å². The molecule has 1 rings (SSSR count). The number of rotatable bonds is 1. The second-order valence-electron chi connectivity index (χ2n) is 1.52. The fourth-order valence-electron chi connectivity index (χ4n) is 0.365. The van der Waals surface area contributed by atoms with Gasteiger partial charge in [0.05, 0.1) is 0 Å². The molecule has 1 aliphatic heterocycles. The third-order valence-electron chi connectivity index (χ3n) is 0.741. The average Bonchev–Trinajstić information content (AvgIpc) is 1.59. The summed E-state index contributed by atoms with van der Waals surface area (Å²) in [5, 5.41) is 8.52. The molecule has 10 heavy (non-hydrogen) atoms. The molecule has 0 bridgehead atoms. The zero-order chi connectivity index (χ0) is 7.99. The van der Waals surface area contributed by atoms with E-state index in [-0.39, 0.29) is 0 Å². The third kappa shape index (κ3) is 0.968. The fourth-order valence-corrected chi connectivity index (χ4v) is 1.10. The quantitative estimate of drug-likeness (QED) is 0.445. The van der Waals surface area contributed by atoms with Gasteiger partial charge in [0.2, 0.25) is 0 Å². The van der Waals surface area contributed by atoms with Crippen LogP contribution in [-0.4, -0.2) is 25.4 Å². The van der Waals surface area contributed by atoms with Gasteiger partial charge in [-0.25, -0.2) is 0 Å². The molecule has 1 amide bonds. The van der Waals surface area contributed by atoms with Crippen LogP contribution in [0.1, 0.15) is 0 Å². The van der Waals surface area contributed by atoms with Crippen LogP contribution < -0.4 is 5.73 Å². The molecule has 0 radical (unpaired) electrons. The first-order chi connectivity index (χ1) is 4.36. The van der Waals surface area contributed by atoms with E-state index < -0.39 is 22.3 Å². The van der Waals surface area contributed by atoms with E-state index in [1.165, 1.54) is 0 Å². The van der Waals surface area contributed by atoms with Crippen LogP contribution in [-0.2, 0) is 23.6 Å². The highest BCUT2D eigenvalue weighted by Gasteiger charge is 2.56. The Balaban J connectivity index is 2.76. The summed E-state index contributed by atoms with van der Waals surface area (Å²) < 4.78 is 27.2. The van der Waals surface area contributed by atoms with Gasteiger partial charge in [0, 0.05) is 0 Å². The Kier molecular flexibility index (Phi) is 1.23. The molecule has 1 heterocycles. The highest BCUT2D eigenvalue weighted by Crippen LogP contribution is 2.27. The number of hydrogen-bond acceptors (Lipinski definition) is 6. The van der Waals surface area contributed by atoms with Crippen LogP contribution in [0.4, 0.5) is 0 Å². The van der Waals surface area contributed by atoms with Crippen molar-refractivity contribution in [3.63, 3.8) is 0 Å². The average molecular weight is 169 g/mol. The van der Waals surface area contributed by atoms with E-state index in [0.29, 0.717) is 0 Å². The van der Waals surface area contributed by atoms with Gasteiger partial charge in [0.15, 0.2) is 0 Å². The largest absolute Gasteiger partial charge is 0.409 e. The molecular formula is C2H3NO6S. The third-order valence-corrected chi connectivity index (χ3v) is 1.60. The number of nitrogens with two attached hydrogens (primary N) is 1. The summed E-state index contributed by atoms with van der Waals surface area (Å²) in [5.41, 5.74) is 4.45. The first kappa shape index (κ1) is 7.41. The molecular weight excluding hydrogens is 166 g/mol. The number of hydrogen-bond donors (Lipinski definition) is 2. The SMILES string of the molecule is NC(=O)C1(O)OS(=O)(=O)O1. The second kappa shape index (κ2) is 1.66. The summed E-state index contributed by atoms with van der Waals surface area (Å²) in [4.78, 5) is 10.0. The first-order valence-electron chi connectivity index (χ1n) is 2.04. The minimum Gasteiger partial charge on any atom is -0.363 e. The second-order valence-corrected chi connectivity index (χ2v) is 2.67. The minimum atomic E-state index is -4.18. The monoisotopic (exact) mass is 169 g/mol. The van der Waals surface area contributed by atoms with Gasteiger partial charge in [0.25, 0.3) is 0 Å². The lowest BCUT2D eigenvalue weighted by molar-refractivity contribution is -0.300. The number of carbonyl (C=O) groups is 1. The summed E-state index contributed by atoms with van der Waals surface area (Å²) in [7, 11) is -4.18. The van der Waals surface area contributed by atoms with E-state index in [9.17, 15) is 13.2 Å². The van der Waals surface area contributed by atoms with Gasteiger partial charge >= 0.3 is 22.3 Å². The van der Waals surface area contributed by atoms with Crippen LogP contribution in [0.15, 0.2) is 0 Å². The van der Waals surface area contributed by atoms with Crippen molar-refractivity contribution in [1.82, 2.24) is 0 Å². The Hall–Kier alpha value is -0.700. The van der Waals surface area contributed by atoms with Crippen molar-refractivity contribution < 1.29 is 26.7 Å². The van der Waals surface area contributed by atoms with Gasteiger partial charge in [-0.15, -0.1) is 0 Å². The van der Waals surface area contributed by atoms with Gasteiger partial charge in [0.1, 0.15) is 0 Å². The van der Waals surface area contributed by atoms with Crippen molar-refractivity contribution >= 4 is 16.3 Å². The zero-order valence-electron chi connectivity index (χ0n) is 4.47.